The lowest BCUT2D eigenvalue weighted by atomic mass is 10.2. The topological polar surface area (TPSA) is 69.8 Å². The maximum atomic E-state index is 10.7. The third kappa shape index (κ3) is 2.63. The lowest BCUT2D eigenvalue weighted by Gasteiger charge is -2.25. The summed E-state index contributed by atoms with van der Waals surface area (Å²) in [7, 11) is 1.62. The molecule has 1 aromatic rings. The number of nitro benzene ring substituents is 1. The highest BCUT2D eigenvalue weighted by atomic mass is 32.2. The smallest absolute Gasteiger partial charge is 0.274 e. The molecule has 0 aliphatic heterocycles. The Labute approximate surface area is 97.7 Å². The number of nitrogens with zero attached hydrogens (tertiary/aromatic N) is 3. The summed E-state index contributed by atoms with van der Waals surface area (Å²) in [5, 5.41) is 21.6. The van der Waals surface area contributed by atoms with Crippen molar-refractivity contribution in [2.75, 3.05) is 18.3 Å². The van der Waals surface area contributed by atoms with Crippen molar-refractivity contribution in [3.8, 4) is 0 Å². The molecule has 0 bridgehead atoms. The fourth-order valence-corrected chi connectivity index (χ4v) is 1.56. The van der Waals surface area contributed by atoms with Crippen molar-refractivity contribution >= 4 is 23.3 Å². The predicted octanol–water partition coefficient (Wildman–Crippen LogP) is 2.22. The van der Waals surface area contributed by atoms with Gasteiger partial charge in [-0.3, -0.25) is 20.3 Å². The molecule has 0 amide bonds. The summed E-state index contributed by atoms with van der Waals surface area (Å²) < 4.78 is 0.897. The zero-order valence-corrected chi connectivity index (χ0v) is 10.1. The van der Waals surface area contributed by atoms with Crippen molar-refractivity contribution in [1.29, 1.82) is 0 Å². The van der Waals surface area contributed by atoms with Gasteiger partial charge in [0.2, 0.25) is 0 Å². The number of benzene rings is 1. The first-order valence-electron chi connectivity index (χ1n) is 4.49. The first-order chi connectivity index (χ1) is 7.47. The van der Waals surface area contributed by atoms with Gasteiger partial charge in [0.1, 0.15) is 0 Å². The molecule has 0 fully saturated rings. The van der Waals surface area contributed by atoms with Gasteiger partial charge in [0.25, 0.3) is 5.69 Å². The third-order valence-corrected chi connectivity index (χ3v) is 2.75. The monoisotopic (exact) mass is 243 g/mol. The van der Waals surface area contributed by atoms with Gasteiger partial charge in [-0.2, -0.15) is 0 Å². The van der Waals surface area contributed by atoms with Crippen LogP contribution in [0.3, 0.4) is 0 Å². The van der Waals surface area contributed by atoms with E-state index in [2.05, 4.69) is 0 Å². The number of nitro groups is 1. The van der Waals surface area contributed by atoms with Gasteiger partial charge in [-0.1, -0.05) is 6.07 Å². The molecule has 0 aliphatic rings. The standard InChI is InChI=1S/C9H13N3O3S/c1-7-4-5-8(6-9(7)11(13)14)10(2)12(15)16-3/h4-6,15H,1-3H3. The van der Waals surface area contributed by atoms with Gasteiger partial charge in [0.05, 0.1) is 10.6 Å². The number of hydrogen-bond donors (Lipinski definition) is 1. The van der Waals surface area contributed by atoms with E-state index in [1.54, 1.807) is 32.4 Å². The van der Waals surface area contributed by atoms with E-state index >= 15 is 0 Å². The Hall–Kier alpha value is -1.31. The maximum absolute atomic E-state index is 10.7. The number of aryl methyl sites for hydroxylation is 1. The summed E-state index contributed by atoms with van der Waals surface area (Å²) in [4.78, 5) is 10.3. The fourth-order valence-electron chi connectivity index (χ4n) is 1.22. The Balaban J connectivity index is 3.07. The van der Waals surface area contributed by atoms with E-state index in [0.29, 0.717) is 11.3 Å². The lowest BCUT2D eigenvalue weighted by molar-refractivity contribution is -0.385. The van der Waals surface area contributed by atoms with Crippen LogP contribution in [-0.2, 0) is 0 Å². The molecule has 6 nitrogen and oxygen atoms in total. The van der Waals surface area contributed by atoms with Crippen molar-refractivity contribution in [1.82, 2.24) is 4.58 Å². The molecule has 0 spiro atoms. The number of hydrazine groups is 1. The normalized spacial score (nSPS) is 10.6. The Kier molecular flexibility index (Phi) is 4.11. The lowest BCUT2D eigenvalue weighted by Crippen LogP contribution is -2.31. The van der Waals surface area contributed by atoms with Gasteiger partial charge in [-0.15, -0.1) is 0 Å². The number of rotatable bonds is 4. The quantitative estimate of drug-likeness (QED) is 0.497. The van der Waals surface area contributed by atoms with Crippen molar-refractivity contribution in [3.63, 3.8) is 0 Å². The molecule has 0 aromatic heterocycles. The summed E-state index contributed by atoms with van der Waals surface area (Å²) in [6, 6.07) is 4.79. The van der Waals surface area contributed by atoms with E-state index in [0.717, 1.165) is 16.5 Å². The molecule has 16 heavy (non-hydrogen) atoms. The zero-order valence-electron chi connectivity index (χ0n) is 9.25. The van der Waals surface area contributed by atoms with E-state index in [4.69, 9.17) is 0 Å². The molecule has 1 aromatic carbocycles. The van der Waals surface area contributed by atoms with Gasteiger partial charge in [-0.25, -0.2) is 0 Å². The molecule has 0 radical (unpaired) electrons. The molecule has 0 saturated heterocycles. The van der Waals surface area contributed by atoms with Crippen molar-refractivity contribution < 1.29 is 10.1 Å². The van der Waals surface area contributed by atoms with Gasteiger partial charge in [-0.05, 0) is 29.5 Å². The molecule has 0 atom stereocenters. The molecule has 7 heteroatoms. The molecule has 0 saturated carbocycles. The molecule has 1 rings (SSSR count). The zero-order chi connectivity index (χ0) is 12.3. The Bertz CT molecular complexity index is 400. The highest BCUT2D eigenvalue weighted by Gasteiger charge is 2.15. The van der Waals surface area contributed by atoms with Crippen LogP contribution in [0.25, 0.3) is 0 Å². The molecule has 88 valence electrons. The number of hydrogen-bond acceptors (Lipinski definition) is 6. The Morgan fingerprint density at radius 2 is 2.12 bits per heavy atom. The highest BCUT2D eigenvalue weighted by Crippen LogP contribution is 2.25. The van der Waals surface area contributed by atoms with Crippen LogP contribution in [0, 0.1) is 17.0 Å². The number of anilines is 1. The van der Waals surface area contributed by atoms with Gasteiger partial charge < -0.3 is 0 Å². The largest absolute Gasteiger partial charge is 0.285 e. The van der Waals surface area contributed by atoms with Crippen LogP contribution in [0.1, 0.15) is 5.56 Å². The molecular formula is C9H13N3O3S. The van der Waals surface area contributed by atoms with Gasteiger partial charge in [0, 0.05) is 24.9 Å². The summed E-state index contributed by atoms with van der Waals surface area (Å²) in [6.45, 7) is 1.67. The molecule has 0 heterocycles. The van der Waals surface area contributed by atoms with Crippen molar-refractivity contribution in [3.05, 3.63) is 33.9 Å². The second kappa shape index (κ2) is 5.15. The molecule has 1 N–H and O–H groups in total. The second-order valence-corrected chi connectivity index (χ2v) is 3.88. The molecular weight excluding hydrogens is 230 g/mol. The van der Waals surface area contributed by atoms with Crippen LogP contribution < -0.4 is 5.01 Å². The summed E-state index contributed by atoms with van der Waals surface area (Å²) in [5.41, 5.74) is 1.18. The van der Waals surface area contributed by atoms with Crippen molar-refractivity contribution in [2.24, 2.45) is 0 Å². The first-order valence-corrected chi connectivity index (χ1v) is 5.67. The van der Waals surface area contributed by atoms with E-state index in [1.165, 1.54) is 11.1 Å². The van der Waals surface area contributed by atoms with E-state index < -0.39 is 4.92 Å². The van der Waals surface area contributed by atoms with Crippen LogP contribution in [-0.4, -0.2) is 28.0 Å². The molecule has 0 unspecified atom stereocenters. The van der Waals surface area contributed by atoms with Crippen molar-refractivity contribution in [2.45, 2.75) is 6.92 Å². The summed E-state index contributed by atoms with van der Waals surface area (Å²) >= 11 is 1.09. The van der Waals surface area contributed by atoms with Gasteiger partial charge in [0.15, 0.2) is 0 Å². The molecule has 0 aliphatic carbocycles. The minimum atomic E-state index is -0.437. The first kappa shape index (κ1) is 12.8. The van der Waals surface area contributed by atoms with Crippen LogP contribution in [0.2, 0.25) is 0 Å². The van der Waals surface area contributed by atoms with Crippen LogP contribution >= 0.6 is 11.9 Å². The predicted molar refractivity (Wildman–Crippen MR) is 63.4 cm³/mol. The van der Waals surface area contributed by atoms with E-state index in [1.807, 2.05) is 0 Å². The Morgan fingerprint density at radius 3 is 2.62 bits per heavy atom. The third-order valence-electron chi connectivity index (χ3n) is 2.18. The second-order valence-electron chi connectivity index (χ2n) is 3.19. The highest BCUT2D eigenvalue weighted by molar-refractivity contribution is 7.96. The fraction of sp³-hybridized carbons (Fsp3) is 0.333. The minimum absolute atomic E-state index is 0.0406. The van der Waals surface area contributed by atoms with E-state index in [9.17, 15) is 15.3 Å². The average Bonchev–Trinajstić information content (AvgIpc) is 2.27. The van der Waals surface area contributed by atoms with E-state index in [-0.39, 0.29) is 5.69 Å². The van der Waals surface area contributed by atoms with Crippen LogP contribution in [0.4, 0.5) is 11.4 Å². The minimum Gasteiger partial charge on any atom is -0.285 e. The van der Waals surface area contributed by atoms with Gasteiger partial charge >= 0.3 is 0 Å². The average molecular weight is 243 g/mol. The summed E-state index contributed by atoms with van der Waals surface area (Å²) in [6.07, 6.45) is 1.69. The SMILES string of the molecule is CSN(O)N(C)c1ccc(C)c([N+](=O)[O-])c1. The van der Waals surface area contributed by atoms with Crippen LogP contribution in [0.15, 0.2) is 18.2 Å². The Morgan fingerprint density at radius 1 is 1.50 bits per heavy atom. The van der Waals surface area contributed by atoms with Crippen LogP contribution in [0.5, 0.6) is 0 Å². The maximum Gasteiger partial charge on any atom is 0.274 e. The summed E-state index contributed by atoms with van der Waals surface area (Å²) in [5.74, 6) is 0.